The van der Waals surface area contributed by atoms with Gasteiger partial charge in [-0.25, -0.2) is 4.39 Å². The molecule has 0 heterocycles. The largest absolute Gasteiger partial charge is 0.457 e. The lowest BCUT2D eigenvalue weighted by Gasteiger charge is -2.15. The Labute approximate surface area is 123 Å². The predicted octanol–water partition coefficient (Wildman–Crippen LogP) is 4.85. The van der Waals surface area contributed by atoms with Crippen LogP contribution in [-0.4, -0.2) is 0 Å². The van der Waals surface area contributed by atoms with E-state index >= 15 is 0 Å². The summed E-state index contributed by atoms with van der Waals surface area (Å²) < 4.78 is 19.6. The van der Waals surface area contributed by atoms with Gasteiger partial charge in [0.15, 0.2) is 0 Å². The van der Waals surface area contributed by atoms with Crippen LogP contribution >= 0.6 is 11.6 Å². The molecule has 0 saturated carbocycles. The Hall–Kier alpha value is -1.58. The van der Waals surface area contributed by atoms with Crippen molar-refractivity contribution in [2.24, 2.45) is 5.73 Å². The van der Waals surface area contributed by atoms with E-state index in [1.165, 1.54) is 6.07 Å². The molecule has 0 saturated heterocycles. The zero-order valence-electron chi connectivity index (χ0n) is 11.5. The van der Waals surface area contributed by atoms with E-state index in [0.29, 0.717) is 22.1 Å². The van der Waals surface area contributed by atoms with Crippen LogP contribution in [-0.2, 0) is 6.42 Å². The lowest BCUT2D eigenvalue weighted by molar-refractivity contribution is 0.460. The number of rotatable bonds is 4. The van der Waals surface area contributed by atoms with Crippen molar-refractivity contribution in [1.29, 1.82) is 0 Å². The molecule has 0 radical (unpaired) electrons. The van der Waals surface area contributed by atoms with Gasteiger partial charge in [-0.05, 0) is 49.2 Å². The highest BCUT2D eigenvalue weighted by Crippen LogP contribution is 2.32. The number of benzene rings is 2. The number of hydrogen-bond acceptors (Lipinski definition) is 2. The summed E-state index contributed by atoms with van der Waals surface area (Å²) >= 11 is 6.07. The van der Waals surface area contributed by atoms with Crippen molar-refractivity contribution in [3.8, 4) is 11.5 Å². The average Bonchev–Trinajstić information content (AvgIpc) is 2.40. The molecule has 4 heteroatoms. The number of hydrogen-bond donors (Lipinski definition) is 1. The molecular formula is C16H17ClFNO. The molecule has 0 unspecified atom stereocenters. The van der Waals surface area contributed by atoms with E-state index in [4.69, 9.17) is 22.1 Å². The van der Waals surface area contributed by atoms with Crippen LogP contribution < -0.4 is 10.5 Å². The summed E-state index contributed by atoms with van der Waals surface area (Å²) in [6.45, 7) is 3.74. The number of ether oxygens (including phenoxy) is 1. The van der Waals surface area contributed by atoms with Crippen LogP contribution in [0.2, 0.25) is 5.02 Å². The van der Waals surface area contributed by atoms with Gasteiger partial charge in [-0.2, -0.15) is 0 Å². The molecule has 0 amide bonds. The smallest absolute Gasteiger partial charge is 0.135 e. The highest BCUT2D eigenvalue weighted by Gasteiger charge is 2.14. The minimum atomic E-state index is -0.441. The van der Waals surface area contributed by atoms with Crippen molar-refractivity contribution in [2.75, 3.05) is 0 Å². The van der Waals surface area contributed by atoms with Gasteiger partial charge in [-0.3, -0.25) is 0 Å². The molecule has 2 N–H and O–H groups in total. The molecule has 0 aliphatic carbocycles. The van der Waals surface area contributed by atoms with Crippen molar-refractivity contribution in [1.82, 2.24) is 0 Å². The monoisotopic (exact) mass is 293 g/mol. The van der Waals surface area contributed by atoms with Crippen molar-refractivity contribution in [2.45, 2.75) is 26.3 Å². The molecule has 2 aromatic carbocycles. The average molecular weight is 294 g/mol. The van der Waals surface area contributed by atoms with Crippen LogP contribution in [0.3, 0.4) is 0 Å². The Balaban J connectivity index is 2.37. The SMILES string of the molecule is CCc1cc(Oc2cccc(F)c2[C@H](C)N)ccc1Cl. The quantitative estimate of drug-likeness (QED) is 0.874. The van der Waals surface area contributed by atoms with Crippen molar-refractivity contribution in [3.05, 3.63) is 58.4 Å². The summed E-state index contributed by atoms with van der Waals surface area (Å²) in [7, 11) is 0. The van der Waals surface area contributed by atoms with E-state index in [0.717, 1.165) is 12.0 Å². The van der Waals surface area contributed by atoms with Crippen LogP contribution in [0.5, 0.6) is 11.5 Å². The minimum absolute atomic E-state index is 0.359. The summed E-state index contributed by atoms with van der Waals surface area (Å²) in [6.07, 6.45) is 0.805. The van der Waals surface area contributed by atoms with Gasteiger partial charge in [-0.15, -0.1) is 0 Å². The summed E-state index contributed by atoms with van der Waals surface area (Å²) in [5, 5.41) is 0.700. The highest BCUT2D eigenvalue weighted by molar-refractivity contribution is 6.31. The van der Waals surface area contributed by atoms with Gasteiger partial charge in [0.05, 0.1) is 0 Å². The van der Waals surface area contributed by atoms with Crippen LogP contribution in [0.15, 0.2) is 36.4 Å². The van der Waals surface area contributed by atoms with E-state index in [9.17, 15) is 4.39 Å². The molecular weight excluding hydrogens is 277 g/mol. The first-order valence-corrected chi connectivity index (χ1v) is 6.91. The fourth-order valence-corrected chi connectivity index (χ4v) is 2.31. The molecule has 0 fully saturated rings. The second-order valence-corrected chi connectivity index (χ2v) is 5.06. The van der Waals surface area contributed by atoms with E-state index in [2.05, 4.69) is 0 Å². The molecule has 106 valence electrons. The van der Waals surface area contributed by atoms with E-state index in [-0.39, 0.29) is 5.82 Å². The van der Waals surface area contributed by atoms with Gasteiger partial charge in [0, 0.05) is 16.6 Å². The van der Waals surface area contributed by atoms with E-state index in [1.54, 1.807) is 31.2 Å². The second-order valence-electron chi connectivity index (χ2n) is 4.65. The molecule has 0 bridgehead atoms. The van der Waals surface area contributed by atoms with Gasteiger partial charge in [-0.1, -0.05) is 24.6 Å². The van der Waals surface area contributed by atoms with Crippen molar-refractivity contribution in [3.63, 3.8) is 0 Å². The Morgan fingerprint density at radius 3 is 2.70 bits per heavy atom. The molecule has 20 heavy (non-hydrogen) atoms. The third kappa shape index (κ3) is 3.11. The summed E-state index contributed by atoms with van der Waals surface area (Å²) in [5.74, 6) is 0.699. The maximum absolute atomic E-state index is 13.8. The van der Waals surface area contributed by atoms with Crippen molar-refractivity contribution < 1.29 is 9.13 Å². The van der Waals surface area contributed by atoms with Gasteiger partial charge in [0.25, 0.3) is 0 Å². The fraction of sp³-hybridized carbons (Fsp3) is 0.250. The lowest BCUT2D eigenvalue weighted by atomic mass is 10.1. The number of halogens is 2. The summed E-state index contributed by atoms with van der Waals surface area (Å²) in [4.78, 5) is 0. The topological polar surface area (TPSA) is 35.2 Å². The predicted molar refractivity (Wildman–Crippen MR) is 79.9 cm³/mol. The third-order valence-corrected chi connectivity index (χ3v) is 3.46. The maximum Gasteiger partial charge on any atom is 0.135 e. The van der Waals surface area contributed by atoms with Crippen LogP contribution in [0.1, 0.15) is 31.0 Å². The second kappa shape index (κ2) is 6.25. The van der Waals surface area contributed by atoms with E-state index < -0.39 is 6.04 Å². The standard InChI is InChI=1S/C16H17ClFNO/c1-3-11-9-12(7-8-13(11)17)20-15-6-4-5-14(18)16(15)10(2)19/h4-10H,3,19H2,1-2H3/t10-/m0/s1. The molecule has 2 aromatic rings. The molecule has 0 spiro atoms. The first-order valence-electron chi connectivity index (χ1n) is 6.53. The van der Waals surface area contributed by atoms with Crippen molar-refractivity contribution >= 4 is 11.6 Å². The minimum Gasteiger partial charge on any atom is -0.457 e. The summed E-state index contributed by atoms with van der Waals surface area (Å²) in [6, 6.07) is 9.65. The normalized spacial score (nSPS) is 12.2. The van der Waals surface area contributed by atoms with Crippen LogP contribution in [0, 0.1) is 5.82 Å². The zero-order chi connectivity index (χ0) is 14.7. The van der Waals surface area contributed by atoms with Crippen LogP contribution in [0.25, 0.3) is 0 Å². The Morgan fingerprint density at radius 1 is 1.30 bits per heavy atom. The molecule has 0 aromatic heterocycles. The molecule has 1 atom stereocenters. The van der Waals surface area contributed by atoms with Gasteiger partial charge in [0.1, 0.15) is 17.3 Å². The zero-order valence-corrected chi connectivity index (χ0v) is 12.2. The maximum atomic E-state index is 13.8. The Kier molecular flexibility index (Phi) is 4.63. The summed E-state index contributed by atoms with van der Waals surface area (Å²) in [5.41, 5.74) is 7.17. The van der Waals surface area contributed by atoms with E-state index in [1.807, 2.05) is 13.0 Å². The third-order valence-electron chi connectivity index (χ3n) is 3.09. The number of aryl methyl sites for hydroxylation is 1. The first kappa shape index (κ1) is 14.8. The molecule has 2 rings (SSSR count). The van der Waals surface area contributed by atoms with Crippen LogP contribution in [0.4, 0.5) is 4.39 Å². The Bertz CT molecular complexity index is 613. The van der Waals surface area contributed by atoms with Gasteiger partial charge < -0.3 is 10.5 Å². The Morgan fingerprint density at radius 2 is 2.05 bits per heavy atom. The molecule has 2 nitrogen and oxygen atoms in total. The highest BCUT2D eigenvalue weighted by atomic mass is 35.5. The molecule has 0 aliphatic rings. The number of nitrogens with two attached hydrogens (primary N) is 1. The first-order chi connectivity index (χ1) is 9.52. The fourth-order valence-electron chi connectivity index (χ4n) is 2.06. The lowest BCUT2D eigenvalue weighted by Crippen LogP contribution is -2.09. The van der Waals surface area contributed by atoms with Gasteiger partial charge in [0.2, 0.25) is 0 Å². The van der Waals surface area contributed by atoms with Gasteiger partial charge >= 0.3 is 0 Å². The molecule has 0 aliphatic heterocycles.